The maximum Gasteiger partial charge on any atom is 0.419 e. The van der Waals surface area contributed by atoms with Crippen LogP contribution in [0.4, 0.5) is 30.7 Å². The Labute approximate surface area is 366 Å². The van der Waals surface area contributed by atoms with E-state index in [9.17, 15) is 30.7 Å². The van der Waals surface area contributed by atoms with Crippen LogP contribution in [0.25, 0.3) is 89.9 Å². The van der Waals surface area contributed by atoms with E-state index in [4.69, 9.17) is 23.2 Å². The minimum atomic E-state index is -4.81. The highest BCUT2D eigenvalue weighted by atomic mass is 35.5. The summed E-state index contributed by atoms with van der Waals surface area (Å²) in [7, 11) is 0. The van der Waals surface area contributed by atoms with E-state index in [1.54, 1.807) is 61.2 Å². The van der Waals surface area contributed by atoms with E-state index in [-0.39, 0.29) is 32.6 Å². The summed E-state index contributed by atoms with van der Waals surface area (Å²) in [6.07, 6.45) is 6.78. The Morgan fingerprint density at radius 2 is 0.969 bits per heavy atom. The normalized spacial score (nSPS) is 11.5. The number of rotatable bonds is 6. The van der Waals surface area contributed by atoms with Crippen LogP contribution in [0, 0.1) is 23.3 Å². The molecule has 10 rings (SSSR count). The van der Waals surface area contributed by atoms with Crippen molar-refractivity contribution in [2.24, 2.45) is 0 Å². The number of nitrogens with one attached hydrogen (secondary N) is 2. The molecule has 0 radical (unpaired) electrons. The number of nitrogens with zero attached hydrogens (tertiary/aromatic N) is 8. The molecule has 8 heterocycles. The molecule has 0 saturated heterocycles. The second-order valence-corrected chi connectivity index (χ2v) is 14.6. The number of hydrogen-bond donors (Lipinski definition) is 2. The zero-order valence-corrected chi connectivity index (χ0v) is 33.6. The van der Waals surface area contributed by atoms with Gasteiger partial charge in [-0.3, -0.25) is 19.9 Å². The minimum Gasteiger partial charge on any atom is -0.337 e. The quantitative estimate of drug-likeness (QED) is 0.124. The fourth-order valence-corrected chi connectivity index (χ4v) is 7.26. The van der Waals surface area contributed by atoms with E-state index in [1.165, 1.54) is 30.6 Å². The van der Waals surface area contributed by atoms with Crippen LogP contribution in [0.1, 0.15) is 5.56 Å². The number of aromatic amines is 2. The highest BCUT2D eigenvalue weighted by Crippen LogP contribution is 2.38. The number of hydrogen-bond acceptors (Lipinski definition) is 8. The van der Waals surface area contributed by atoms with Crippen LogP contribution in [0.3, 0.4) is 0 Å². The van der Waals surface area contributed by atoms with E-state index >= 15 is 0 Å². The van der Waals surface area contributed by atoms with Crippen LogP contribution in [0.2, 0.25) is 10.0 Å². The van der Waals surface area contributed by atoms with Crippen molar-refractivity contribution in [2.45, 2.75) is 6.18 Å². The summed E-state index contributed by atoms with van der Waals surface area (Å²) in [6.45, 7) is 0. The van der Waals surface area contributed by atoms with Crippen LogP contribution >= 0.6 is 23.2 Å². The van der Waals surface area contributed by atoms with Crippen molar-refractivity contribution >= 4 is 45.5 Å². The molecule has 0 spiro atoms. The van der Waals surface area contributed by atoms with Gasteiger partial charge in [-0.2, -0.15) is 13.2 Å². The van der Waals surface area contributed by atoms with Crippen molar-refractivity contribution in [3.05, 3.63) is 167 Å². The molecule has 0 saturated carbocycles. The highest BCUT2D eigenvalue weighted by Gasteiger charge is 2.34. The van der Waals surface area contributed by atoms with Crippen molar-refractivity contribution in [3.8, 4) is 67.5 Å². The standard InChI is InChI=1S/C23H12F5N5.C22H11Cl2F2N5/c24-17-8-12(3-4-16(17)23(26,27)28)21-31-19-9-15(14-5-7-30-11-18(14)25)20(32-22(19)33-21)13-2-1-6-29-10-13;23-15-8-16(24)17(25)6-14(15)21-29-19-7-13(12-3-5-28-10-18(12)26)20(30-22(19)31-21)11-2-1-4-27-9-11/h1-11H,(H,31,32,33);1-10H,(H,29,30,31). The maximum absolute atomic E-state index is 14.6. The third-order valence-electron chi connectivity index (χ3n) is 9.75. The fraction of sp³-hybridized carbons (Fsp3) is 0.0222. The molecule has 64 heavy (non-hydrogen) atoms. The van der Waals surface area contributed by atoms with Crippen molar-refractivity contribution in [1.82, 2.24) is 49.8 Å². The molecular weight excluding hydrogens is 884 g/mol. The Balaban J connectivity index is 0.000000162. The van der Waals surface area contributed by atoms with Crippen LogP contribution in [0.15, 0.2) is 128 Å². The molecule has 0 aliphatic heterocycles. The summed E-state index contributed by atoms with van der Waals surface area (Å²) >= 11 is 12.0. The van der Waals surface area contributed by atoms with Gasteiger partial charge in [-0.25, -0.2) is 37.5 Å². The second kappa shape index (κ2) is 16.9. The first-order valence-corrected chi connectivity index (χ1v) is 19.4. The van der Waals surface area contributed by atoms with Gasteiger partial charge in [0.15, 0.2) is 11.3 Å². The lowest BCUT2D eigenvalue weighted by molar-refractivity contribution is -0.139. The van der Waals surface area contributed by atoms with Crippen LogP contribution in [0.5, 0.6) is 0 Å². The van der Waals surface area contributed by atoms with Crippen molar-refractivity contribution in [2.75, 3.05) is 0 Å². The third kappa shape index (κ3) is 8.21. The molecular formula is C45H23Cl2F7N10. The van der Waals surface area contributed by atoms with Crippen LogP contribution in [-0.2, 0) is 6.18 Å². The van der Waals surface area contributed by atoms with Gasteiger partial charge in [0.05, 0.1) is 50.4 Å². The van der Waals surface area contributed by atoms with E-state index in [1.807, 2.05) is 6.07 Å². The topological polar surface area (TPSA) is 135 Å². The van der Waals surface area contributed by atoms with Crippen molar-refractivity contribution < 1.29 is 30.7 Å². The Kier molecular flexibility index (Phi) is 11.0. The monoisotopic (exact) mass is 906 g/mol. The first-order valence-electron chi connectivity index (χ1n) is 18.7. The molecule has 10 nitrogen and oxygen atoms in total. The average molecular weight is 908 g/mol. The Bertz CT molecular complexity index is 3370. The van der Waals surface area contributed by atoms with E-state index in [2.05, 4.69) is 49.8 Å². The van der Waals surface area contributed by atoms with Gasteiger partial charge in [0.1, 0.15) is 34.9 Å². The lowest BCUT2D eigenvalue weighted by Crippen LogP contribution is -2.07. The number of alkyl halides is 3. The van der Waals surface area contributed by atoms with Gasteiger partial charge in [-0.05, 0) is 72.8 Å². The molecule has 316 valence electrons. The van der Waals surface area contributed by atoms with Gasteiger partial charge >= 0.3 is 6.18 Å². The number of pyridine rings is 6. The molecule has 0 amide bonds. The fourth-order valence-electron chi connectivity index (χ4n) is 6.79. The van der Waals surface area contributed by atoms with Crippen LogP contribution in [-0.4, -0.2) is 49.8 Å². The summed E-state index contributed by atoms with van der Waals surface area (Å²) in [6, 6.07) is 18.5. The molecule has 0 aliphatic rings. The number of halogens is 9. The SMILES string of the molecule is Fc1cc(-c2nc3nc(-c4cccnc4)c(-c4ccncc4F)cc3[nH]2)c(Cl)cc1Cl.Fc1cnccc1-c1cc2[nH]c(-c3ccc(C(F)(F)F)c(F)c3)nc2nc1-c1cccnc1. The van der Waals surface area contributed by atoms with Crippen LogP contribution < -0.4 is 0 Å². The van der Waals surface area contributed by atoms with Gasteiger partial charge in [0.25, 0.3) is 0 Å². The molecule has 0 aliphatic carbocycles. The molecule has 0 atom stereocenters. The molecule has 19 heteroatoms. The molecule has 8 aromatic heterocycles. The molecule has 2 aromatic carbocycles. The van der Waals surface area contributed by atoms with Gasteiger partial charge in [-0.15, -0.1) is 0 Å². The summed E-state index contributed by atoms with van der Waals surface area (Å²) in [4.78, 5) is 39.8. The van der Waals surface area contributed by atoms with E-state index in [0.717, 1.165) is 24.5 Å². The Hall–Kier alpha value is -7.63. The Morgan fingerprint density at radius 1 is 0.438 bits per heavy atom. The molecule has 2 N–H and O–H groups in total. The summed E-state index contributed by atoms with van der Waals surface area (Å²) < 4.78 is 95.9. The molecule has 10 aromatic rings. The first-order chi connectivity index (χ1) is 30.8. The molecule has 0 bridgehead atoms. The number of fused-ring (bicyclic) bond motifs is 2. The summed E-state index contributed by atoms with van der Waals surface area (Å²) in [5.74, 6) is -2.65. The van der Waals surface area contributed by atoms with E-state index < -0.39 is 35.0 Å². The predicted molar refractivity (Wildman–Crippen MR) is 226 cm³/mol. The Morgan fingerprint density at radius 3 is 1.47 bits per heavy atom. The highest BCUT2D eigenvalue weighted by molar-refractivity contribution is 6.36. The lowest BCUT2D eigenvalue weighted by atomic mass is 10.0. The number of H-pyrrole nitrogens is 2. The lowest BCUT2D eigenvalue weighted by Gasteiger charge is -2.09. The summed E-state index contributed by atoms with van der Waals surface area (Å²) in [5, 5.41) is 0.149. The summed E-state index contributed by atoms with van der Waals surface area (Å²) in [5.41, 5.74) is 4.32. The number of imidazole rings is 2. The third-order valence-corrected chi connectivity index (χ3v) is 10.4. The minimum absolute atomic E-state index is 0.0858. The largest absolute Gasteiger partial charge is 0.419 e. The van der Waals surface area contributed by atoms with Gasteiger partial charge in [-0.1, -0.05) is 29.3 Å². The zero-order valence-electron chi connectivity index (χ0n) is 32.1. The predicted octanol–water partition coefficient (Wildman–Crippen LogP) is 12.4. The van der Waals surface area contributed by atoms with Gasteiger partial charge in [0.2, 0.25) is 0 Å². The second-order valence-electron chi connectivity index (χ2n) is 13.8. The van der Waals surface area contributed by atoms with E-state index in [0.29, 0.717) is 73.3 Å². The molecule has 0 unspecified atom stereocenters. The van der Waals surface area contributed by atoms with Gasteiger partial charge < -0.3 is 9.97 Å². The van der Waals surface area contributed by atoms with Crippen molar-refractivity contribution in [1.29, 1.82) is 0 Å². The number of aromatic nitrogens is 10. The smallest absolute Gasteiger partial charge is 0.337 e. The maximum atomic E-state index is 14.6. The molecule has 0 fully saturated rings. The zero-order chi connectivity index (χ0) is 44.7. The average Bonchev–Trinajstić information content (AvgIpc) is 3.91. The number of benzene rings is 2. The van der Waals surface area contributed by atoms with Gasteiger partial charge in [0, 0.05) is 81.7 Å². The first kappa shape index (κ1) is 41.7. The van der Waals surface area contributed by atoms with Crippen molar-refractivity contribution in [3.63, 3.8) is 0 Å².